The van der Waals surface area contributed by atoms with Gasteiger partial charge in [0.15, 0.2) is 0 Å². The number of nitrogens with zero attached hydrogens (tertiary/aromatic N) is 3. The van der Waals surface area contributed by atoms with Crippen molar-refractivity contribution < 1.29 is 4.79 Å². The Kier molecular flexibility index (Phi) is 4.00. The van der Waals surface area contributed by atoms with E-state index in [-0.39, 0.29) is 11.8 Å². The monoisotopic (exact) mass is 240 g/mol. The molecule has 0 aliphatic heterocycles. The number of aromatic nitrogens is 2. The van der Waals surface area contributed by atoms with E-state index in [9.17, 15) is 4.79 Å². The lowest BCUT2D eigenvalue weighted by Crippen LogP contribution is -2.35. The molecule has 2 N–H and O–H groups in total. The van der Waals surface area contributed by atoms with Gasteiger partial charge in [-0.25, -0.2) is 0 Å². The lowest BCUT2D eigenvalue weighted by Gasteiger charge is -2.20. The molecule has 1 unspecified atom stereocenters. The highest BCUT2D eigenvalue weighted by atomic mass is 32.1. The molecule has 0 aliphatic carbocycles. The first-order valence-corrected chi connectivity index (χ1v) is 5.36. The second-order valence-electron chi connectivity index (χ2n) is 3.89. The van der Waals surface area contributed by atoms with Crippen LogP contribution in [0.15, 0.2) is 12.4 Å². The molecule has 0 aliphatic rings. The van der Waals surface area contributed by atoms with Crippen molar-refractivity contribution >= 4 is 23.1 Å². The fourth-order valence-electron chi connectivity index (χ4n) is 1.34. The quantitative estimate of drug-likeness (QED) is 0.774. The Morgan fingerprint density at radius 2 is 2.38 bits per heavy atom. The van der Waals surface area contributed by atoms with Gasteiger partial charge in [-0.3, -0.25) is 9.48 Å². The number of carbonyl (C=O) groups is 1. The molecule has 88 valence electrons. The summed E-state index contributed by atoms with van der Waals surface area (Å²) < 4.78 is 1.60. The number of amides is 1. The first kappa shape index (κ1) is 12.6. The predicted octanol–water partition coefficient (Wildman–Crippen LogP) is 0.414. The molecule has 1 rings (SSSR count). The SMILES string of the molecule is CC(CN(C)C(=O)c1cnn(C)c1)C(N)=S. The summed E-state index contributed by atoms with van der Waals surface area (Å²) in [4.78, 5) is 13.9. The largest absolute Gasteiger partial charge is 0.393 e. The topological polar surface area (TPSA) is 64.2 Å². The lowest BCUT2D eigenvalue weighted by molar-refractivity contribution is 0.0787. The van der Waals surface area contributed by atoms with E-state index in [1.165, 1.54) is 0 Å². The minimum absolute atomic E-state index is 0.0145. The molecule has 1 aromatic rings. The van der Waals surface area contributed by atoms with E-state index in [0.717, 1.165) is 0 Å². The average molecular weight is 240 g/mol. The zero-order chi connectivity index (χ0) is 12.3. The van der Waals surface area contributed by atoms with Crippen LogP contribution in [-0.4, -0.2) is 39.2 Å². The molecule has 1 amide bonds. The van der Waals surface area contributed by atoms with Gasteiger partial charge in [-0.1, -0.05) is 19.1 Å². The van der Waals surface area contributed by atoms with Crippen molar-refractivity contribution in [3.63, 3.8) is 0 Å². The maximum absolute atomic E-state index is 11.9. The Morgan fingerprint density at radius 1 is 1.75 bits per heavy atom. The summed E-state index contributed by atoms with van der Waals surface area (Å²) in [7, 11) is 3.50. The highest BCUT2D eigenvalue weighted by molar-refractivity contribution is 7.80. The van der Waals surface area contributed by atoms with Gasteiger partial charge in [0.25, 0.3) is 5.91 Å². The standard InChI is InChI=1S/C10H16N4OS/c1-7(9(11)16)5-13(2)10(15)8-4-12-14(3)6-8/h4,6-7H,5H2,1-3H3,(H2,11,16). The molecule has 0 saturated carbocycles. The summed E-state index contributed by atoms with van der Waals surface area (Å²) in [5.41, 5.74) is 6.07. The van der Waals surface area contributed by atoms with Crippen molar-refractivity contribution in [2.75, 3.05) is 13.6 Å². The van der Waals surface area contributed by atoms with E-state index in [1.54, 1.807) is 36.1 Å². The van der Waals surface area contributed by atoms with Gasteiger partial charge in [-0.15, -0.1) is 0 Å². The first-order chi connectivity index (χ1) is 7.41. The zero-order valence-corrected chi connectivity index (χ0v) is 10.5. The van der Waals surface area contributed by atoms with E-state index in [2.05, 4.69) is 5.10 Å². The molecular weight excluding hydrogens is 224 g/mol. The van der Waals surface area contributed by atoms with Crippen LogP contribution in [0.5, 0.6) is 0 Å². The van der Waals surface area contributed by atoms with Crippen molar-refractivity contribution in [3.05, 3.63) is 18.0 Å². The predicted molar refractivity (Wildman–Crippen MR) is 66.1 cm³/mol. The van der Waals surface area contributed by atoms with Gasteiger partial charge in [0.05, 0.1) is 16.7 Å². The summed E-state index contributed by atoms with van der Waals surface area (Å²) >= 11 is 4.87. The minimum atomic E-state index is -0.0730. The van der Waals surface area contributed by atoms with Crippen molar-refractivity contribution in [1.29, 1.82) is 0 Å². The molecular formula is C10H16N4OS. The van der Waals surface area contributed by atoms with Crippen LogP contribution >= 0.6 is 12.2 Å². The maximum Gasteiger partial charge on any atom is 0.256 e. The van der Waals surface area contributed by atoms with Crippen LogP contribution in [0.25, 0.3) is 0 Å². The molecule has 0 spiro atoms. The highest BCUT2D eigenvalue weighted by Gasteiger charge is 2.16. The van der Waals surface area contributed by atoms with Gasteiger partial charge in [0.1, 0.15) is 0 Å². The number of nitrogens with two attached hydrogens (primary N) is 1. The second-order valence-corrected chi connectivity index (χ2v) is 4.36. The van der Waals surface area contributed by atoms with E-state index in [4.69, 9.17) is 18.0 Å². The van der Waals surface area contributed by atoms with Crippen LogP contribution < -0.4 is 5.73 Å². The summed E-state index contributed by atoms with van der Waals surface area (Å²) in [5, 5.41) is 3.95. The average Bonchev–Trinajstić information content (AvgIpc) is 2.63. The number of rotatable bonds is 4. The normalized spacial score (nSPS) is 12.2. The van der Waals surface area contributed by atoms with Crippen molar-refractivity contribution in [2.24, 2.45) is 18.7 Å². The van der Waals surface area contributed by atoms with Gasteiger partial charge in [-0.2, -0.15) is 5.10 Å². The Bertz CT molecular complexity index is 401. The lowest BCUT2D eigenvalue weighted by atomic mass is 10.1. The zero-order valence-electron chi connectivity index (χ0n) is 9.67. The molecule has 0 bridgehead atoms. The van der Waals surface area contributed by atoms with Crippen molar-refractivity contribution in [2.45, 2.75) is 6.92 Å². The fourth-order valence-corrected chi connectivity index (χ4v) is 1.41. The third-order valence-corrected chi connectivity index (χ3v) is 2.73. The van der Waals surface area contributed by atoms with Crippen LogP contribution in [0.2, 0.25) is 0 Å². The number of thiocarbonyl (C=S) groups is 1. The third-order valence-electron chi connectivity index (χ3n) is 2.33. The molecule has 1 heterocycles. The fraction of sp³-hybridized carbons (Fsp3) is 0.500. The van der Waals surface area contributed by atoms with Gasteiger partial charge in [0, 0.05) is 32.8 Å². The summed E-state index contributed by atoms with van der Waals surface area (Å²) in [6.07, 6.45) is 3.23. The molecule has 1 aromatic heterocycles. The Labute approximate surface area is 100 Å². The van der Waals surface area contributed by atoms with E-state index < -0.39 is 0 Å². The van der Waals surface area contributed by atoms with Gasteiger partial charge in [-0.05, 0) is 0 Å². The Morgan fingerprint density at radius 3 is 2.81 bits per heavy atom. The van der Waals surface area contributed by atoms with Crippen LogP contribution in [0.4, 0.5) is 0 Å². The molecule has 0 aromatic carbocycles. The van der Waals surface area contributed by atoms with E-state index in [0.29, 0.717) is 17.1 Å². The smallest absolute Gasteiger partial charge is 0.256 e. The van der Waals surface area contributed by atoms with Crippen LogP contribution in [0, 0.1) is 5.92 Å². The molecule has 5 nitrogen and oxygen atoms in total. The van der Waals surface area contributed by atoms with E-state index in [1.807, 2.05) is 6.92 Å². The summed E-state index contributed by atoms with van der Waals surface area (Å²) in [6.45, 7) is 2.42. The molecule has 16 heavy (non-hydrogen) atoms. The van der Waals surface area contributed by atoms with Crippen LogP contribution in [-0.2, 0) is 7.05 Å². The molecule has 0 fully saturated rings. The molecule has 1 atom stereocenters. The Hall–Kier alpha value is -1.43. The summed E-state index contributed by atoms with van der Waals surface area (Å²) in [5.74, 6) is -0.0585. The number of carbonyl (C=O) groups excluding carboxylic acids is 1. The molecule has 0 radical (unpaired) electrons. The van der Waals surface area contributed by atoms with Crippen molar-refractivity contribution in [3.8, 4) is 0 Å². The molecule has 6 heteroatoms. The minimum Gasteiger partial charge on any atom is -0.393 e. The Balaban J connectivity index is 2.64. The summed E-state index contributed by atoms with van der Waals surface area (Å²) in [6, 6.07) is 0. The number of aryl methyl sites for hydroxylation is 1. The number of hydrogen-bond acceptors (Lipinski definition) is 3. The molecule has 0 saturated heterocycles. The van der Waals surface area contributed by atoms with E-state index >= 15 is 0 Å². The second kappa shape index (κ2) is 5.07. The van der Waals surface area contributed by atoms with Crippen molar-refractivity contribution in [1.82, 2.24) is 14.7 Å². The number of hydrogen-bond donors (Lipinski definition) is 1. The van der Waals surface area contributed by atoms with Crippen LogP contribution in [0.1, 0.15) is 17.3 Å². The van der Waals surface area contributed by atoms with Crippen LogP contribution in [0.3, 0.4) is 0 Å². The maximum atomic E-state index is 11.9. The highest BCUT2D eigenvalue weighted by Crippen LogP contribution is 2.05. The van der Waals surface area contributed by atoms with Gasteiger partial charge in [0.2, 0.25) is 0 Å². The van der Waals surface area contributed by atoms with Gasteiger partial charge < -0.3 is 10.6 Å². The third kappa shape index (κ3) is 3.03. The first-order valence-electron chi connectivity index (χ1n) is 4.95. The van der Waals surface area contributed by atoms with Gasteiger partial charge >= 0.3 is 0 Å².